The maximum atomic E-state index is 12.0. The first-order valence-electron chi connectivity index (χ1n) is 6.81. The number of H-pyrrole nitrogens is 1. The zero-order chi connectivity index (χ0) is 16.8. The Morgan fingerprint density at radius 2 is 2.17 bits per heavy atom. The molecule has 1 aromatic carbocycles. The second kappa shape index (κ2) is 7.45. The average Bonchev–Trinajstić information content (AvgIpc) is 2.55. The highest BCUT2D eigenvalue weighted by atomic mass is 32.1. The predicted molar refractivity (Wildman–Crippen MR) is 93.2 cm³/mol. The molecule has 1 heterocycles. The van der Waals surface area contributed by atoms with Crippen LogP contribution in [0.4, 0.5) is 0 Å². The van der Waals surface area contributed by atoms with Crippen LogP contribution in [0.1, 0.15) is 11.1 Å². The number of benzene rings is 1. The van der Waals surface area contributed by atoms with Gasteiger partial charge in [-0.2, -0.15) is 0 Å². The Bertz CT molecular complexity index is 903. The van der Waals surface area contributed by atoms with Gasteiger partial charge in [0.15, 0.2) is 4.77 Å². The molecule has 118 valence electrons. The van der Waals surface area contributed by atoms with E-state index in [0.717, 1.165) is 5.56 Å². The van der Waals surface area contributed by atoms with Gasteiger partial charge in [0.1, 0.15) is 11.3 Å². The Labute approximate surface area is 138 Å². The Morgan fingerprint density at radius 3 is 2.87 bits per heavy atom. The van der Waals surface area contributed by atoms with Gasteiger partial charge in [-0.25, -0.2) is 0 Å². The first kappa shape index (κ1) is 16.5. The molecular formula is C17H16N2O3S. The normalized spacial score (nSPS) is 9.78. The van der Waals surface area contributed by atoms with Gasteiger partial charge in [0.25, 0.3) is 5.56 Å². The molecule has 0 bridgehead atoms. The predicted octanol–water partition coefficient (Wildman–Crippen LogP) is 3.13. The average molecular weight is 328 g/mol. The van der Waals surface area contributed by atoms with Gasteiger partial charge in [0, 0.05) is 12.1 Å². The van der Waals surface area contributed by atoms with Crippen molar-refractivity contribution in [3.63, 3.8) is 0 Å². The smallest absolute Gasteiger partial charge is 0.263 e. The molecule has 0 fully saturated rings. The number of nitrogens with zero attached hydrogens (tertiary/aromatic N) is 1. The van der Waals surface area contributed by atoms with Crippen LogP contribution in [0.3, 0.4) is 0 Å². The summed E-state index contributed by atoms with van der Waals surface area (Å²) >= 11 is 5.01. The Balaban J connectivity index is 2.49. The van der Waals surface area contributed by atoms with E-state index < -0.39 is 5.56 Å². The standard InChI is InChI=1S/C17H16N2O3S/c1-3-11-19-16(21)13(15(20)18-17(19)23)9-6-8-12-7-4-5-10-14(12)22-2/h3-5,7-10,21H,1,11H2,2H3,(H,18,20,23). The van der Waals surface area contributed by atoms with E-state index in [0.29, 0.717) is 12.3 Å². The molecular weight excluding hydrogens is 312 g/mol. The van der Waals surface area contributed by atoms with Gasteiger partial charge in [-0.1, -0.05) is 24.3 Å². The summed E-state index contributed by atoms with van der Waals surface area (Å²) in [6, 6.07) is 7.40. The molecule has 2 aromatic rings. The Hall–Kier alpha value is -2.82. The van der Waals surface area contributed by atoms with Crippen LogP contribution in [-0.2, 0) is 6.54 Å². The van der Waals surface area contributed by atoms with Crippen molar-refractivity contribution in [1.82, 2.24) is 9.55 Å². The van der Waals surface area contributed by atoms with Crippen LogP contribution in [0.5, 0.6) is 11.6 Å². The number of para-hydroxylation sites is 1. The van der Waals surface area contributed by atoms with Crippen molar-refractivity contribution in [3.05, 3.63) is 68.9 Å². The molecule has 0 saturated carbocycles. The summed E-state index contributed by atoms with van der Waals surface area (Å²) in [5, 5.41) is 10.2. The monoisotopic (exact) mass is 328 g/mol. The highest BCUT2D eigenvalue weighted by Gasteiger charge is 2.08. The Morgan fingerprint density at radius 1 is 1.43 bits per heavy atom. The van der Waals surface area contributed by atoms with E-state index in [4.69, 9.17) is 17.0 Å². The van der Waals surface area contributed by atoms with Gasteiger partial charge >= 0.3 is 0 Å². The number of methoxy groups -OCH3 is 1. The van der Waals surface area contributed by atoms with Gasteiger partial charge in [-0.15, -0.1) is 12.3 Å². The molecule has 2 rings (SSSR count). The fourth-order valence-corrected chi connectivity index (χ4v) is 2.26. The molecule has 23 heavy (non-hydrogen) atoms. The van der Waals surface area contributed by atoms with E-state index in [9.17, 15) is 9.90 Å². The number of aromatic hydroxyl groups is 1. The lowest BCUT2D eigenvalue weighted by Crippen LogP contribution is -2.16. The van der Waals surface area contributed by atoms with Crippen LogP contribution in [0.2, 0.25) is 0 Å². The molecule has 0 amide bonds. The number of ether oxygens (including phenoxy) is 1. The van der Waals surface area contributed by atoms with Crippen LogP contribution in [0.15, 0.2) is 47.4 Å². The van der Waals surface area contributed by atoms with Gasteiger partial charge in [-0.05, 0) is 30.4 Å². The number of allylic oxidation sites excluding steroid dienone is 1. The lowest BCUT2D eigenvalue weighted by Gasteiger charge is -2.08. The third-order valence-corrected chi connectivity index (χ3v) is 3.45. The lowest BCUT2D eigenvalue weighted by molar-refractivity contribution is 0.412. The number of aromatic nitrogens is 2. The summed E-state index contributed by atoms with van der Waals surface area (Å²) in [6.45, 7) is 3.89. The molecule has 0 spiro atoms. The molecule has 6 heteroatoms. The van der Waals surface area contributed by atoms with E-state index in [2.05, 4.69) is 17.3 Å². The number of aromatic amines is 1. The summed E-state index contributed by atoms with van der Waals surface area (Å²) in [5.41, 5.74) is 3.28. The van der Waals surface area contributed by atoms with Crippen LogP contribution in [-0.4, -0.2) is 21.8 Å². The topological polar surface area (TPSA) is 67.2 Å². The van der Waals surface area contributed by atoms with Gasteiger partial charge in [0.05, 0.1) is 7.11 Å². The molecule has 1 aromatic heterocycles. The van der Waals surface area contributed by atoms with Gasteiger partial charge in [-0.3, -0.25) is 14.3 Å². The zero-order valence-corrected chi connectivity index (χ0v) is 13.4. The lowest BCUT2D eigenvalue weighted by atomic mass is 10.2. The molecule has 0 atom stereocenters. The van der Waals surface area contributed by atoms with E-state index >= 15 is 0 Å². The summed E-state index contributed by atoms with van der Waals surface area (Å²) in [6.07, 6.45) is 4.64. The van der Waals surface area contributed by atoms with Crippen molar-refractivity contribution in [2.24, 2.45) is 0 Å². The van der Waals surface area contributed by atoms with Gasteiger partial charge < -0.3 is 9.84 Å². The first-order chi connectivity index (χ1) is 11.1. The molecule has 0 saturated heterocycles. The highest BCUT2D eigenvalue weighted by molar-refractivity contribution is 7.71. The largest absolute Gasteiger partial charge is 0.496 e. The fraction of sp³-hybridized carbons (Fsp3) is 0.118. The van der Waals surface area contributed by atoms with E-state index in [-0.39, 0.29) is 16.2 Å². The minimum atomic E-state index is -0.478. The van der Waals surface area contributed by atoms with Crippen LogP contribution >= 0.6 is 12.2 Å². The minimum absolute atomic E-state index is 0.0756. The van der Waals surface area contributed by atoms with E-state index in [1.54, 1.807) is 19.3 Å². The van der Waals surface area contributed by atoms with Crippen molar-refractivity contribution in [2.75, 3.05) is 7.11 Å². The molecule has 0 unspecified atom stereocenters. The summed E-state index contributed by atoms with van der Waals surface area (Å²) < 4.78 is 6.74. The third-order valence-electron chi connectivity index (χ3n) is 3.12. The zero-order valence-electron chi connectivity index (χ0n) is 12.6. The van der Waals surface area contributed by atoms with Crippen LogP contribution in [0.25, 0.3) is 12.2 Å². The van der Waals surface area contributed by atoms with E-state index in [1.165, 1.54) is 10.6 Å². The maximum Gasteiger partial charge on any atom is 0.263 e. The first-order valence-corrected chi connectivity index (χ1v) is 7.21. The SMILES string of the molecule is C=CCn1c(O)c(C=C=Cc2ccccc2OC)c(=O)[nH]c1=S. The number of hydrogen-bond acceptors (Lipinski definition) is 4. The van der Waals surface area contributed by atoms with Crippen LogP contribution in [0, 0.1) is 4.77 Å². The molecule has 0 aliphatic heterocycles. The van der Waals surface area contributed by atoms with Crippen molar-refractivity contribution in [2.45, 2.75) is 6.54 Å². The number of hydrogen-bond donors (Lipinski definition) is 2. The summed E-state index contributed by atoms with van der Waals surface area (Å²) in [7, 11) is 1.58. The number of nitrogens with one attached hydrogen (secondary N) is 1. The van der Waals surface area contributed by atoms with Crippen molar-refractivity contribution < 1.29 is 9.84 Å². The van der Waals surface area contributed by atoms with Crippen LogP contribution < -0.4 is 10.3 Å². The second-order valence-corrected chi connectivity index (χ2v) is 4.98. The van der Waals surface area contributed by atoms with Crippen molar-refractivity contribution in [3.8, 4) is 11.6 Å². The fourth-order valence-electron chi connectivity index (χ4n) is 2.00. The van der Waals surface area contributed by atoms with E-state index in [1.807, 2.05) is 24.3 Å². The molecule has 0 radical (unpaired) electrons. The number of rotatable bonds is 5. The minimum Gasteiger partial charge on any atom is -0.496 e. The molecule has 5 nitrogen and oxygen atoms in total. The van der Waals surface area contributed by atoms with Gasteiger partial charge in [0.2, 0.25) is 5.88 Å². The summed E-state index contributed by atoms with van der Waals surface area (Å²) in [5.74, 6) is 0.466. The highest BCUT2D eigenvalue weighted by Crippen LogP contribution is 2.19. The maximum absolute atomic E-state index is 12.0. The Kier molecular flexibility index (Phi) is 5.36. The molecule has 0 aliphatic rings. The van der Waals surface area contributed by atoms with Crippen molar-refractivity contribution in [1.29, 1.82) is 0 Å². The summed E-state index contributed by atoms with van der Waals surface area (Å²) in [4.78, 5) is 14.5. The molecule has 0 aliphatic carbocycles. The molecule has 2 N–H and O–H groups in total. The third kappa shape index (κ3) is 3.69. The quantitative estimate of drug-likeness (QED) is 0.503. The second-order valence-electron chi connectivity index (χ2n) is 4.59. The van der Waals surface area contributed by atoms with Crippen molar-refractivity contribution >= 4 is 24.4 Å².